The quantitative estimate of drug-likeness (QED) is 0.797. The van der Waals surface area contributed by atoms with Crippen LogP contribution in [-0.2, 0) is 16.1 Å². The molecule has 3 rings (SSSR count). The minimum atomic E-state index is -0.426. The van der Waals surface area contributed by atoms with E-state index in [0.717, 1.165) is 0 Å². The molecule has 0 bridgehead atoms. The number of carbonyl (C=O) groups is 3. The van der Waals surface area contributed by atoms with E-state index >= 15 is 0 Å². The summed E-state index contributed by atoms with van der Waals surface area (Å²) in [5, 5.41) is 2.84. The number of rotatable bonds is 7. The molecule has 1 saturated heterocycles. The molecule has 1 atom stereocenters. The van der Waals surface area contributed by atoms with Crippen LogP contribution in [0.1, 0.15) is 36.4 Å². The summed E-state index contributed by atoms with van der Waals surface area (Å²) in [6, 6.07) is 10.5. The lowest BCUT2D eigenvalue weighted by Crippen LogP contribution is -2.30. The summed E-state index contributed by atoms with van der Waals surface area (Å²) in [5.74, 6) is -0.0897. The molecule has 7 nitrogen and oxygen atoms in total. The summed E-state index contributed by atoms with van der Waals surface area (Å²) in [5.41, 5.74) is 1.09. The molecular weight excluding hydrogens is 358 g/mol. The van der Waals surface area contributed by atoms with E-state index in [0.29, 0.717) is 43.2 Å². The van der Waals surface area contributed by atoms with Crippen LogP contribution in [-0.4, -0.2) is 47.2 Å². The minimum Gasteiger partial charge on any atom is -0.467 e. The van der Waals surface area contributed by atoms with Gasteiger partial charge in [-0.2, -0.15) is 0 Å². The number of hydrogen-bond donors (Lipinski definition) is 1. The molecule has 7 heteroatoms. The van der Waals surface area contributed by atoms with Gasteiger partial charge in [0.15, 0.2) is 0 Å². The number of furan rings is 1. The number of amides is 3. The Morgan fingerprint density at radius 3 is 2.68 bits per heavy atom. The largest absolute Gasteiger partial charge is 0.467 e. The molecule has 0 radical (unpaired) electrons. The first kappa shape index (κ1) is 19.7. The first-order valence-electron chi connectivity index (χ1n) is 9.52. The zero-order chi connectivity index (χ0) is 20.1. The molecule has 1 unspecified atom stereocenters. The molecule has 3 amide bonds. The standard InChI is InChI=1S/C21H25N3O4/c1-3-23(4-2)21(27)15-7-5-8-17(11-15)22-20(26)16-12-19(25)24(13-16)14-18-9-6-10-28-18/h5-11,16H,3-4,12-14H2,1-2H3,(H,22,26). The maximum atomic E-state index is 12.6. The zero-order valence-corrected chi connectivity index (χ0v) is 16.2. The third kappa shape index (κ3) is 4.42. The van der Waals surface area contributed by atoms with E-state index in [2.05, 4.69) is 5.32 Å². The van der Waals surface area contributed by atoms with Crippen LogP contribution in [0.5, 0.6) is 0 Å². The molecule has 1 aromatic heterocycles. The Morgan fingerprint density at radius 1 is 1.21 bits per heavy atom. The van der Waals surface area contributed by atoms with Crippen molar-refractivity contribution in [1.29, 1.82) is 0 Å². The first-order chi connectivity index (χ1) is 13.5. The Balaban J connectivity index is 1.62. The molecule has 28 heavy (non-hydrogen) atoms. The van der Waals surface area contributed by atoms with E-state index in [4.69, 9.17) is 4.42 Å². The molecule has 1 aliphatic heterocycles. The van der Waals surface area contributed by atoms with Gasteiger partial charge < -0.3 is 19.5 Å². The zero-order valence-electron chi connectivity index (χ0n) is 16.2. The summed E-state index contributed by atoms with van der Waals surface area (Å²) >= 11 is 0. The van der Waals surface area contributed by atoms with Crippen LogP contribution in [0.2, 0.25) is 0 Å². The highest BCUT2D eigenvalue weighted by molar-refractivity contribution is 5.99. The van der Waals surface area contributed by atoms with Crippen LogP contribution in [0.3, 0.4) is 0 Å². The van der Waals surface area contributed by atoms with E-state index < -0.39 is 5.92 Å². The normalized spacial score (nSPS) is 16.3. The highest BCUT2D eigenvalue weighted by Crippen LogP contribution is 2.22. The average molecular weight is 383 g/mol. The number of likely N-dealkylation sites (tertiary alicyclic amines) is 1. The topological polar surface area (TPSA) is 82.9 Å². The Bertz CT molecular complexity index is 843. The lowest BCUT2D eigenvalue weighted by Gasteiger charge is -2.19. The maximum Gasteiger partial charge on any atom is 0.253 e. The van der Waals surface area contributed by atoms with E-state index in [1.165, 1.54) is 0 Å². The summed E-state index contributed by atoms with van der Waals surface area (Å²) in [4.78, 5) is 40.7. The van der Waals surface area contributed by atoms with Crippen molar-refractivity contribution >= 4 is 23.4 Å². The number of nitrogens with one attached hydrogen (secondary N) is 1. The predicted molar refractivity (Wildman–Crippen MR) is 105 cm³/mol. The van der Waals surface area contributed by atoms with Crippen molar-refractivity contribution in [2.45, 2.75) is 26.8 Å². The second-order valence-electron chi connectivity index (χ2n) is 6.80. The number of carbonyl (C=O) groups excluding carboxylic acids is 3. The fourth-order valence-electron chi connectivity index (χ4n) is 3.36. The lowest BCUT2D eigenvalue weighted by atomic mass is 10.1. The Labute approximate surface area is 164 Å². The molecule has 0 aliphatic carbocycles. The van der Waals surface area contributed by atoms with Crippen molar-refractivity contribution in [1.82, 2.24) is 9.80 Å². The summed E-state index contributed by atoms with van der Waals surface area (Å²) in [6.45, 7) is 5.83. The smallest absolute Gasteiger partial charge is 0.253 e. The van der Waals surface area contributed by atoms with Crippen LogP contribution in [0.4, 0.5) is 5.69 Å². The van der Waals surface area contributed by atoms with Gasteiger partial charge in [-0.05, 0) is 44.2 Å². The second kappa shape index (κ2) is 8.73. The highest BCUT2D eigenvalue weighted by Gasteiger charge is 2.34. The molecule has 0 saturated carbocycles. The van der Waals surface area contributed by atoms with Crippen molar-refractivity contribution in [2.24, 2.45) is 5.92 Å². The lowest BCUT2D eigenvalue weighted by molar-refractivity contribution is -0.128. The van der Waals surface area contributed by atoms with Gasteiger partial charge in [-0.25, -0.2) is 0 Å². The van der Waals surface area contributed by atoms with E-state index in [1.54, 1.807) is 52.5 Å². The van der Waals surface area contributed by atoms with Crippen molar-refractivity contribution in [3.63, 3.8) is 0 Å². The van der Waals surface area contributed by atoms with Crippen molar-refractivity contribution in [3.05, 3.63) is 54.0 Å². The van der Waals surface area contributed by atoms with Crippen LogP contribution >= 0.6 is 0 Å². The summed E-state index contributed by atoms with van der Waals surface area (Å²) in [7, 11) is 0. The maximum absolute atomic E-state index is 12.6. The van der Waals surface area contributed by atoms with Gasteiger partial charge in [-0.15, -0.1) is 0 Å². The van der Waals surface area contributed by atoms with Crippen LogP contribution in [0.15, 0.2) is 47.1 Å². The van der Waals surface area contributed by atoms with E-state index in [9.17, 15) is 14.4 Å². The third-order valence-corrected chi connectivity index (χ3v) is 4.94. The number of benzene rings is 1. The van der Waals surface area contributed by atoms with Gasteiger partial charge in [0.1, 0.15) is 5.76 Å². The molecule has 1 fully saturated rings. The van der Waals surface area contributed by atoms with Crippen LogP contribution in [0, 0.1) is 5.92 Å². The number of nitrogens with zero attached hydrogens (tertiary/aromatic N) is 2. The van der Waals surface area contributed by atoms with Gasteiger partial charge in [0.25, 0.3) is 5.91 Å². The fraction of sp³-hybridized carbons (Fsp3) is 0.381. The fourth-order valence-corrected chi connectivity index (χ4v) is 3.36. The number of hydrogen-bond acceptors (Lipinski definition) is 4. The number of anilines is 1. The molecule has 1 aliphatic rings. The van der Waals surface area contributed by atoms with Crippen LogP contribution < -0.4 is 5.32 Å². The van der Waals surface area contributed by atoms with Gasteiger partial charge in [0.05, 0.1) is 18.7 Å². The predicted octanol–water partition coefficient (Wildman–Crippen LogP) is 2.75. The van der Waals surface area contributed by atoms with E-state index in [1.807, 2.05) is 13.8 Å². The van der Waals surface area contributed by atoms with Gasteiger partial charge >= 0.3 is 0 Å². The van der Waals surface area contributed by atoms with E-state index in [-0.39, 0.29) is 24.1 Å². The molecule has 2 aromatic rings. The first-order valence-corrected chi connectivity index (χ1v) is 9.52. The van der Waals surface area contributed by atoms with Crippen LogP contribution in [0.25, 0.3) is 0 Å². The van der Waals surface area contributed by atoms with Crippen molar-refractivity contribution < 1.29 is 18.8 Å². The van der Waals surface area contributed by atoms with Gasteiger partial charge in [-0.1, -0.05) is 6.07 Å². The molecule has 0 spiro atoms. The molecule has 1 aromatic carbocycles. The highest BCUT2D eigenvalue weighted by atomic mass is 16.3. The Hall–Kier alpha value is -3.09. The third-order valence-electron chi connectivity index (χ3n) is 4.94. The van der Waals surface area contributed by atoms with Gasteiger partial charge in [0.2, 0.25) is 11.8 Å². The molecular formula is C21H25N3O4. The SMILES string of the molecule is CCN(CC)C(=O)c1cccc(NC(=O)C2CC(=O)N(Cc3ccco3)C2)c1. The van der Waals surface area contributed by atoms with Crippen molar-refractivity contribution in [3.8, 4) is 0 Å². The Kier molecular flexibility index (Phi) is 6.13. The second-order valence-corrected chi connectivity index (χ2v) is 6.80. The minimum absolute atomic E-state index is 0.0676. The van der Waals surface area contributed by atoms with Crippen molar-refractivity contribution in [2.75, 3.05) is 25.0 Å². The van der Waals surface area contributed by atoms with Gasteiger partial charge in [-0.3, -0.25) is 14.4 Å². The summed E-state index contributed by atoms with van der Waals surface area (Å²) in [6.07, 6.45) is 1.73. The summed E-state index contributed by atoms with van der Waals surface area (Å²) < 4.78 is 5.28. The average Bonchev–Trinajstić information content (AvgIpc) is 3.33. The molecule has 148 valence electrons. The molecule has 2 heterocycles. The monoisotopic (exact) mass is 383 g/mol. The van der Waals surface area contributed by atoms with Gasteiger partial charge in [0, 0.05) is 37.3 Å². The Morgan fingerprint density at radius 2 is 2.00 bits per heavy atom. The molecule has 1 N–H and O–H groups in total.